The van der Waals surface area contributed by atoms with Gasteiger partial charge in [0.2, 0.25) is 5.91 Å². The van der Waals surface area contributed by atoms with E-state index < -0.39 is 11.6 Å². The second-order valence-corrected chi connectivity index (χ2v) is 5.12. The summed E-state index contributed by atoms with van der Waals surface area (Å²) in [5.74, 6) is -1.54. The second kappa shape index (κ2) is 6.86. The van der Waals surface area contributed by atoms with Crippen molar-refractivity contribution in [2.45, 2.75) is 4.90 Å². The van der Waals surface area contributed by atoms with Gasteiger partial charge >= 0.3 is 0 Å². The minimum Gasteiger partial charge on any atom is -0.325 e. The van der Waals surface area contributed by atoms with Crippen molar-refractivity contribution >= 4 is 23.4 Å². The van der Waals surface area contributed by atoms with Gasteiger partial charge in [-0.05, 0) is 36.4 Å². The van der Waals surface area contributed by atoms with Crippen LogP contribution >= 0.6 is 11.8 Å². The van der Waals surface area contributed by atoms with Crippen LogP contribution < -0.4 is 5.32 Å². The number of rotatable bonds is 4. The summed E-state index contributed by atoms with van der Waals surface area (Å²) >= 11 is 0.906. The Balaban J connectivity index is 1.96. The molecular weight excluding hydrogens is 294 g/mol. The molecule has 0 bridgehead atoms. The fourth-order valence-corrected chi connectivity index (χ4v) is 2.36. The number of hydrogen-bond donors (Lipinski definition) is 1. The first-order valence-corrected chi connectivity index (χ1v) is 6.95. The molecule has 2 aromatic carbocycles. The van der Waals surface area contributed by atoms with Crippen LogP contribution in [0, 0.1) is 23.0 Å². The lowest BCUT2D eigenvalue weighted by Crippen LogP contribution is -2.14. The molecule has 0 aromatic heterocycles. The highest BCUT2D eigenvalue weighted by atomic mass is 32.2. The van der Waals surface area contributed by atoms with E-state index in [1.165, 1.54) is 6.07 Å². The summed E-state index contributed by atoms with van der Waals surface area (Å²) in [7, 11) is 0. The van der Waals surface area contributed by atoms with Crippen LogP contribution in [0.4, 0.5) is 14.5 Å². The van der Waals surface area contributed by atoms with E-state index in [1.807, 2.05) is 6.07 Å². The number of nitriles is 1. The molecule has 1 amide bonds. The molecule has 6 heteroatoms. The van der Waals surface area contributed by atoms with E-state index in [-0.39, 0.29) is 16.6 Å². The molecule has 0 fully saturated rings. The average molecular weight is 304 g/mol. The molecule has 1 N–H and O–H groups in total. The van der Waals surface area contributed by atoms with Crippen molar-refractivity contribution in [2.24, 2.45) is 0 Å². The number of thioether (sulfide) groups is 1. The number of carbonyl (C=O) groups excluding carboxylic acids is 1. The van der Waals surface area contributed by atoms with Gasteiger partial charge in [0, 0.05) is 10.6 Å². The van der Waals surface area contributed by atoms with Crippen molar-refractivity contribution in [1.29, 1.82) is 5.26 Å². The zero-order chi connectivity index (χ0) is 15.2. The van der Waals surface area contributed by atoms with E-state index in [0.29, 0.717) is 11.3 Å². The van der Waals surface area contributed by atoms with Crippen LogP contribution in [0.15, 0.2) is 47.4 Å². The first-order chi connectivity index (χ1) is 10.1. The van der Waals surface area contributed by atoms with Gasteiger partial charge in [-0.3, -0.25) is 4.79 Å². The Morgan fingerprint density at radius 3 is 2.81 bits per heavy atom. The summed E-state index contributed by atoms with van der Waals surface area (Å²) in [6, 6.07) is 11.5. The van der Waals surface area contributed by atoms with Gasteiger partial charge in [0.1, 0.15) is 11.6 Å². The van der Waals surface area contributed by atoms with Gasteiger partial charge in [0.15, 0.2) is 0 Å². The quantitative estimate of drug-likeness (QED) is 0.879. The Morgan fingerprint density at radius 1 is 1.24 bits per heavy atom. The monoisotopic (exact) mass is 304 g/mol. The molecule has 0 heterocycles. The highest BCUT2D eigenvalue weighted by Crippen LogP contribution is 2.22. The molecule has 106 valence electrons. The predicted molar refractivity (Wildman–Crippen MR) is 76.9 cm³/mol. The van der Waals surface area contributed by atoms with Crippen LogP contribution in [0.1, 0.15) is 5.56 Å². The fourth-order valence-electron chi connectivity index (χ4n) is 1.59. The maximum Gasteiger partial charge on any atom is 0.234 e. The van der Waals surface area contributed by atoms with E-state index in [1.54, 1.807) is 18.2 Å². The number of nitrogens with one attached hydrogen (secondary N) is 1. The van der Waals surface area contributed by atoms with Crippen molar-refractivity contribution in [2.75, 3.05) is 11.1 Å². The lowest BCUT2D eigenvalue weighted by Gasteiger charge is -2.06. The molecule has 0 aliphatic carbocycles. The zero-order valence-corrected chi connectivity index (χ0v) is 11.6. The lowest BCUT2D eigenvalue weighted by molar-refractivity contribution is -0.113. The van der Waals surface area contributed by atoms with E-state index >= 15 is 0 Å². The number of anilines is 1. The number of amides is 1. The smallest absolute Gasteiger partial charge is 0.234 e. The Labute approximate surface area is 124 Å². The number of nitrogens with zero attached hydrogens (tertiary/aromatic N) is 1. The Morgan fingerprint density at radius 2 is 2.05 bits per heavy atom. The molecule has 0 unspecified atom stereocenters. The van der Waals surface area contributed by atoms with Crippen LogP contribution in [0.2, 0.25) is 0 Å². The van der Waals surface area contributed by atoms with Crippen molar-refractivity contribution in [3.63, 3.8) is 0 Å². The van der Waals surface area contributed by atoms with Crippen molar-refractivity contribution in [3.8, 4) is 6.07 Å². The maximum absolute atomic E-state index is 13.4. The second-order valence-electron chi connectivity index (χ2n) is 4.10. The van der Waals surface area contributed by atoms with E-state index in [2.05, 4.69) is 5.32 Å². The normalized spacial score (nSPS) is 9.95. The van der Waals surface area contributed by atoms with Gasteiger partial charge in [-0.1, -0.05) is 6.07 Å². The predicted octanol–water partition coefficient (Wildman–Crippen LogP) is 3.57. The summed E-state index contributed by atoms with van der Waals surface area (Å²) < 4.78 is 26.4. The third kappa shape index (κ3) is 4.29. The van der Waals surface area contributed by atoms with Gasteiger partial charge in [-0.2, -0.15) is 5.26 Å². The molecular formula is C15H10F2N2OS. The van der Waals surface area contributed by atoms with E-state index in [9.17, 15) is 13.6 Å². The summed E-state index contributed by atoms with van der Waals surface area (Å²) in [5.41, 5.74) is 0.913. The van der Waals surface area contributed by atoms with E-state index in [4.69, 9.17) is 5.26 Å². The Kier molecular flexibility index (Phi) is 4.90. The largest absolute Gasteiger partial charge is 0.325 e. The molecule has 3 nitrogen and oxygen atoms in total. The number of hydrogen-bond acceptors (Lipinski definition) is 3. The number of benzene rings is 2. The van der Waals surface area contributed by atoms with Gasteiger partial charge in [-0.15, -0.1) is 11.8 Å². The van der Waals surface area contributed by atoms with Crippen LogP contribution in [-0.2, 0) is 4.79 Å². The molecule has 2 aromatic rings. The minimum absolute atomic E-state index is 0.0584. The number of halogens is 2. The first-order valence-electron chi connectivity index (χ1n) is 5.96. The van der Waals surface area contributed by atoms with Gasteiger partial charge in [0.25, 0.3) is 0 Å². The lowest BCUT2D eigenvalue weighted by atomic mass is 10.2. The summed E-state index contributed by atoms with van der Waals surface area (Å²) in [5, 5.41) is 11.4. The molecule has 21 heavy (non-hydrogen) atoms. The van der Waals surface area contributed by atoms with Crippen LogP contribution in [0.5, 0.6) is 0 Å². The standard InChI is InChI=1S/C15H10F2N2OS/c16-11-4-5-13(17)14(7-11)21-9-15(20)19-12-3-1-2-10(6-12)8-18/h1-7H,9H2,(H,19,20). The van der Waals surface area contributed by atoms with Gasteiger partial charge < -0.3 is 5.32 Å². The highest BCUT2D eigenvalue weighted by molar-refractivity contribution is 8.00. The molecule has 0 radical (unpaired) electrons. The Bertz CT molecular complexity index is 713. The maximum atomic E-state index is 13.4. The Hall–Kier alpha value is -2.39. The zero-order valence-electron chi connectivity index (χ0n) is 10.8. The minimum atomic E-state index is -0.569. The van der Waals surface area contributed by atoms with Crippen molar-refractivity contribution in [1.82, 2.24) is 0 Å². The molecule has 0 aliphatic rings. The van der Waals surface area contributed by atoms with Gasteiger partial charge in [-0.25, -0.2) is 8.78 Å². The van der Waals surface area contributed by atoms with Gasteiger partial charge in [0.05, 0.1) is 17.4 Å². The first kappa shape index (κ1) is 15.0. The van der Waals surface area contributed by atoms with Crippen molar-refractivity contribution < 1.29 is 13.6 Å². The highest BCUT2D eigenvalue weighted by Gasteiger charge is 2.08. The molecule has 0 saturated heterocycles. The van der Waals surface area contributed by atoms with Crippen molar-refractivity contribution in [3.05, 3.63) is 59.7 Å². The van der Waals surface area contributed by atoms with Crippen LogP contribution in [0.25, 0.3) is 0 Å². The third-order valence-electron chi connectivity index (χ3n) is 2.53. The summed E-state index contributed by atoms with van der Waals surface area (Å²) in [6.45, 7) is 0. The number of carbonyl (C=O) groups is 1. The molecule has 0 atom stereocenters. The molecule has 0 spiro atoms. The average Bonchev–Trinajstić information content (AvgIpc) is 2.48. The van der Waals surface area contributed by atoms with Crippen LogP contribution in [-0.4, -0.2) is 11.7 Å². The van der Waals surface area contributed by atoms with Crippen LogP contribution in [0.3, 0.4) is 0 Å². The van der Waals surface area contributed by atoms with E-state index in [0.717, 1.165) is 30.0 Å². The fraction of sp³-hybridized carbons (Fsp3) is 0.0667. The topological polar surface area (TPSA) is 52.9 Å². The molecule has 2 rings (SSSR count). The summed E-state index contributed by atoms with van der Waals surface area (Å²) in [6.07, 6.45) is 0. The summed E-state index contributed by atoms with van der Waals surface area (Å²) in [4.78, 5) is 11.8. The SMILES string of the molecule is N#Cc1cccc(NC(=O)CSc2cc(F)ccc2F)c1. The third-order valence-corrected chi connectivity index (χ3v) is 3.56. The molecule has 0 saturated carbocycles. The molecule has 0 aliphatic heterocycles.